The molecule has 2 aromatic rings. The van der Waals surface area contributed by atoms with Gasteiger partial charge in [-0.15, -0.1) is 0 Å². The summed E-state index contributed by atoms with van der Waals surface area (Å²) < 4.78 is 27.7. The van der Waals surface area contributed by atoms with Gasteiger partial charge in [0.15, 0.2) is 0 Å². The van der Waals surface area contributed by atoms with E-state index in [0.29, 0.717) is 16.8 Å². The second kappa shape index (κ2) is 4.17. The van der Waals surface area contributed by atoms with Crippen molar-refractivity contribution < 1.29 is 8.78 Å². The summed E-state index contributed by atoms with van der Waals surface area (Å²) in [5, 5.41) is 0. The Labute approximate surface area is 98.9 Å². The molecule has 0 aliphatic carbocycles. The van der Waals surface area contributed by atoms with Crippen LogP contribution in [0.4, 0.5) is 14.5 Å². The van der Waals surface area contributed by atoms with Gasteiger partial charge in [0.25, 0.3) is 0 Å². The second-order valence-electron chi connectivity index (χ2n) is 4.14. The number of anilines is 1. The SMILES string of the molecule is Cc1ccc(N)c(-c2c(F)ccc(C)c2F)c1. The first-order valence-corrected chi connectivity index (χ1v) is 5.32. The van der Waals surface area contributed by atoms with E-state index in [1.165, 1.54) is 12.1 Å². The standard InChI is InChI=1S/C14H13F2N/c1-8-3-6-12(17)10(7-8)13-11(15)5-4-9(2)14(13)16/h3-7H,17H2,1-2H3. The number of aryl methyl sites for hydroxylation is 2. The van der Waals surface area contributed by atoms with Gasteiger partial charge < -0.3 is 5.73 Å². The maximum Gasteiger partial charge on any atom is 0.136 e. The molecular formula is C14H13F2N. The van der Waals surface area contributed by atoms with Crippen LogP contribution in [0.1, 0.15) is 11.1 Å². The van der Waals surface area contributed by atoms with E-state index < -0.39 is 11.6 Å². The summed E-state index contributed by atoms with van der Waals surface area (Å²) in [5.41, 5.74) is 7.82. The first-order chi connectivity index (χ1) is 8.00. The Morgan fingerprint density at radius 2 is 1.71 bits per heavy atom. The van der Waals surface area contributed by atoms with Crippen LogP contribution >= 0.6 is 0 Å². The van der Waals surface area contributed by atoms with Gasteiger partial charge in [-0.05, 0) is 37.6 Å². The van der Waals surface area contributed by atoms with Crippen LogP contribution in [0.3, 0.4) is 0 Å². The molecule has 0 heterocycles. The molecule has 2 rings (SSSR count). The van der Waals surface area contributed by atoms with Crippen LogP contribution in [0.5, 0.6) is 0 Å². The van der Waals surface area contributed by atoms with Crippen molar-refractivity contribution in [3.8, 4) is 11.1 Å². The molecule has 0 saturated carbocycles. The largest absolute Gasteiger partial charge is 0.398 e. The summed E-state index contributed by atoms with van der Waals surface area (Å²) in [5.74, 6) is -1.15. The Bertz CT molecular complexity index is 577. The molecule has 0 bridgehead atoms. The van der Waals surface area contributed by atoms with Crippen LogP contribution in [0.2, 0.25) is 0 Å². The average molecular weight is 233 g/mol. The Morgan fingerprint density at radius 3 is 2.41 bits per heavy atom. The fraction of sp³-hybridized carbons (Fsp3) is 0.143. The lowest BCUT2D eigenvalue weighted by Gasteiger charge is -2.11. The van der Waals surface area contributed by atoms with Crippen molar-refractivity contribution in [1.82, 2.24) is 0 Å². The molecule has 2 aromatic carbocycles. The number of hydrogen-bond donors (Lipinski definition) is 1. The normalized spacial score (nSPS) is 10.6. The first-order valence-electron chi connectivity index (χ1n) is 5.32. The van der Waals surface area contributed by atoms with Crippen molar-refractivity contribution in [2.45, 2.75) is 13.8 Å². The number of hydrogen-bond acceptors (Lipinski definition) is 1. The molecule has 0 fully saturated rings. The number of nitrogens with two attached hydrogens (primary N) is 1. The van der Waals surface area contributed by atoms with E-state index >= 15 is 0 Å². The monoisotopic (exact) mass is 233 g/mol. The Kier molecular flexibility index (Phi) is 2.84. The van der Waals surface area contributed by atoms with Crippen molar-refractivity contribution in [1.29, 1.82) is 0 Å². The third kappa shape index (κ3) is 2.00. The Balaban J connectivity index is 2.76. The molecule has 0 aliphatic rings. The highest BCUT2D eigenvalue weighted by Gasteiger charge is 2.15. The van der Waals surface area contributed by atoms with Gasteiger partial charge in [-0.1, -0.05) is 17.7 Å². The molecule has 17 heavy (non-hydrogen) atoms. The van der Waals surface area contributed by atoms with Gasteiger partial charge >= 0.3 is 0 Å². The van der Waals surface area contributed by atoms with E-state index in [-0.39, 0.29) is 5.56 Å². The summed E-state index contributed by atoms with van der Waals surface area (Å²) in [6, 6.07) is 7.84. The molecule has 0 atom stereocenters. The summed E-state index contributed by atoms with van der Waals surface area (Å²) in [6.07, 6.45) is 0. The third-order valence-corrected chi connectivity index (χ3v) is 2.76. The van der Waals surface area contributed by atoms with E-state index in [0.717, 1.165) is 5.56 Å². The molecule has 0 spiro atoms. The maximum absolute atomic E-state index is 14.0. The summed E-state index contributed by atoms with van der Waals surface area (Å²) in [6.45, 7) is 3.46. The molecule has 3 heteroatoms. The van der Waals surface area contributed by atoms with Crippen LogP contribution in [0.25, 0.3) is 11.1 Å². The molecular weight excluding hydrogens is 220 g/mol. The second-order valence-corrected chi connectivity index (χ2v) is 4.14. The van der Waals surface area contributed by atoms with E-state index in [2.05, 4.69) is 0 Å². The number of benzene rings is 2. The van der Waals surface area contributed by atoms with Gasteiger partial charge in [0.05, 0.1) is 5.56 Å². The molecule has 0 radical (unpaired) electrons. The van der Waals surface area contributed by atoms with Gasteiger partial charge in [0.2, 0.25) is 0 Å². The van der Waals surface area contributed by atoms with Crippen LogP contribution in [-0.4, -0.2) is 0 Å². The summed E-state index contributed by atoms with van der Waals surface area (Å²) in [4.78, 5) is 0. The van der Waals surface area contributed by atoms with Gasteiger partial charge in [0, 0.05) is 11.3 Å². The molecule has 0 aliphatic heterocycles. The minimum Gasteiger partial charge on any atom is -0.398 e. The van der Waals surface area contributed by atoms with Crippen LogP contribution in [0, 0.1) is 25.5 Å². The zero-order valence-electron chi connectivity index (χ0n) is 9.72. The Morgan fingerprint density at radius 1 is 1.00 bits per heavy atom. The lowest BCUT2D eigenvalue weighted by molar-refractivity contribution is 0.584. The van der Waals surface area contributed by atoms with E-state index in [9.17, 15) is 8.78 Å². The molecule has 0 saturated heterocycles. The van der Waals surface area contributed by atoms with E-state index in [1.54, 1.807) is 19.1 Å². The fourth-order valence-electron chi connectivity index (χ4n) is 1.79. The van der Waals surface area contributed by atoms with Crippen molar-refractivity contribution in [3.63, 3.8) is 0 Å². The predicted octanol–water partition coefficient (Wildman–Crippen LogP) is 3.83. The van der Waals surface area contributed by atoms with Crippen molar-refractivity contribution in [3.05, 3.63) is 53.1 Å². The van der Waals surface area contributed by atoms with Gasteiger partial charge in [-0.25, -0.2) is 8.78 Å². The maximum atomic E-state index is 14.0. The van der Waals surface area contributed by atoms with Gasteiger partial charge in [-0.3, -0.25) is 0 Å². The minimum absolute atomic E-state index is 0.0498. The van der Waals surface area contributed by atoms with Crippen LogP contribution < -0.4 is 5.73 Å². The van der Waals surface area contributed by atoms with Gasteiger partial charge in [0.1, 0.15) is 11.6 Å². The average Bonchev–Trinajstić information content (AvgIpc) is 2.29. The highest BCUT2D eigenvalue weighted by atomic mass is 19.1. The number of nitrogen functional groups attached to an aromatic ring is 1. The van der Waals surface area contributed by atoms with E-state index in [4.69, 9.17) is 5.73 Å². The summed E-state index contributed by atoms with van der Waals surface area (Å²) >= 11 is 0. The highest BCUT2D eigenvalue weighted by Crippen LogP contribution is 2.32. The minimum atomic E-state index is -0.592. The fourth-order valence-corrected chi connectivity index (χ4v) is 1.79. The quantitative estimate of drug-likeness (QED) is 0.744. The highest BCUT2D eigenvalue weighted by molar-refractivity contribution is 5.78. The number of halogens is 2. The lowest BCUT2D eigenvalue weighted by Crippen LogP contribution is -1.97. The molecule has 0 aromatic heterocycles. The zero-order valence-corrected chi connectivity index (χ0v) is 9.72. The van der Waals surface area contributed by atoms with Crippen LogP contribution in [0.15, 0.2) is 30.3 Å². The summed E-state index contributed by atoms with van der Waals surface area (Å²) in [7, 11) is 0. The zero-order chi connectivity index (χ0) is 12.6. The molecule has 0 amide bonds. The van der Waals surface area contributed by atoms with Crippen molar-refractivity contribution in [2.24, 2.45) is 0 Å². The third-order valence-electron chi connectivity index (χ3n) is 2.76. The van der Waals surface area contributed by atoms with Crippen LogP contribution in [-0.2, 0) is 0 Å². The number of rotatable bonds is 1. The first kappa shape index (κ1) is 11.6. The lowest BCUT2D eigenvalue weighted by atomic mass is 9.98. The van der Waals surface area contributed by atoms with E-state index in [1.807, 2.05) is 13.0 Å². The molecule has 0 unspecified atom stereocenters. The van der Waals surface area contributed by atoms with Crippen molar-refractivity contribution in [2.75, 3.05) is 5.73 Å². The smallest absolute Gasteiger partial charge is 0.136 e. The topological polar surface area (TPSA) is 26.0 Å². The molecule has 1 nitrogen and oxygen atoms in total. The molecule has 88 valence electrons. The van der Waals surface area contributed by atoms with Crippen molar-refractivity contribution >= 4 is 5.69 Å². The van der Waals surface area contributed by atoms with Gasteiger partial charge in [-0.2, -0.15) is 0 Å². The Hall–Kier alpha value is -1.90. The predicted molar refractivity (Wildman–Crippen MR) is 65.7 cm³/mol. The molecule has 2 N–H and O–H groups in total.